The molecule has 0 aliphatic rings. The number of para-hydroxylation sites is 1. The topological polar surface area (TPSA) is 87.7 Å². The van der Waals surface area contributed by atoms with Crippen LogP contribution in [-0.4, -0.2) is 24.2 Å². The lowest BCUT2D eigenvalue weighted by Crippen LogP contribution is -2.31. The highest BCUT2D eigenvalue weighted by molar-refractivity contribution is 5.89. The van der Waals surface area contributed by atoms with Gasteiger partial charge < -0.3 is 20.5 Å². The quantitative estimate of drug-likeness (QED) is 0.400. The highest BCUT2D eigenvalue weighted by atomic mass is 19.4. The number of carbonyl (C=O) groups is 2. The van der Waals surface area contributed by atoms with Gasteiger partial charge in [0.1, 0.15) is 5.75 Å². The van der Waals surface area contributed by atoms with Crippen LogP contribution in [-0.2, 0) is 17.4 Å². The van der Waals surface area contributed by atoms with Crippen molar-refractivity contribution in [3.8, 4) is 16.9 Å². The number of carboxylic acid groups (broad SMARTS) is 1. The summed E-state index contributed by atoms with van der Waals surface area (Å²) < 4.78 is 45.8. The van der Waals surface area contributed by atoms with E-state index in [0.717, 1.165) is 12.1 Å². The molecule has 3 aromatic rings. The first-order chi connectivity index (χ1) is 16.1. The van der Waals surface area contributed by atoms with E-state index in [9.17, 15) is 22.8 Å². The van der Waals surface area contributed by atoms with Gasteiger partial charge in [-0.05, 0) is 60.0 Å². The lowest BCUT2D eigenvalue weighted by atomic mass is 9.91. The maximum atomic E-state index is 13.5. The molecule has 0 aliphatic carbocycles. The third kappa shape index (κ3) is 6.06. The second-order valence-corrected chi connectivity index (χ2v) is 7.59. The Hall–Kier alpha value is -4.01. The molecule has 0 heterocycles. The van der Waals surface area contributed by atoms with E-state index in [2.05, 4.69) is 10.6 Å². The normalized spacial score (nSPS) is 12.0. The SMILES string of the molecule is COc1ccc(CC(=O)O)cc1-c1ccc(C(F)(F)F)cc1C(C)NC(=O)Nc1ccccc1. The van der Waals surface area contributed by atoms with Crippen LogP contribution in [0.15, 0.2) is 66.7 Å². The van der Waals surface area contributed by atoms with Crippen molar-refractivity contribution in [3.05, 3.63) is 83.4 Å². The Morgan fingerprint density at radius 2 is 1.71 bits per heavy atom. The third-order valence-electron chi connectivity index (χ3n) is 5.13. The molecular weight excluding hydrogens is 449 g/mol. The summed E-state index contributed by atoms with van der Waals surface area (Å²) in [5, 5.41) is 14.4. The van der Waals surface area contributed by atoms with Crippen molar-refractivity contribution in [2.24, 2.45) is 0 Å². The molecule has 0 fully saturated rings. The number of halogens is 3. The van der Waals surface area contributed by atoms with Crippen LogP contribution in [0.3, 0.4) is 0 Å². The number of anilines is 1. The van der Waals surface area contributed by atoms with Gasteiger partial charge in [-0.3, -0.25) is 4.79 Å². The zero-order chi connectivity index (χ0) is 24.9. The molecule has 6 nitrogen and oxygen atoms in total. The van der Waals surface area contributed by atoms with Crippen LogP contribution in [0.1, 0.15) is 29.7 Å². The van der Waals surface area contributed by atoms with Gasteiger partial charge >= 0.3 is 18.2 Å². The van der Waals surface area contributed by atoms with Crippen molar-refractivity contribution in [1.29, 1.82) is 0 Å². The summed E-state index contributed by atoms with van der Waals surface area (Å²) in [6, 6.07) is 15.1. The number of ether oxygens (including phenoxy) is 1. The number of nitrogens with one attached hydrogen (secondary N) is 2. The fraction of sp³-hybridized carbons (Fsp3) is 0.200. The number of methoxy groups -OCH3 is 1. The Kier molecular flexibility index (Phi) is 7.45. The maximum Gasteiger partial charge on any atom is 0.416 e. The second kappa shape index (κ2) is 10.3. The zero-order valence-corrected chi connectivity index (χ0v) is 18.4. The standard InChI is InChI=1S/C25H23F3N2O4/c1-15(29-24(33)30-18-6-4-3-5-7-18)20-14-17(25(26,27)28)9-10-19(20)21-12-16(13-23(31)32)8-11-22(21)34-2/h3-12,14-15H,13H2,1-2H3,(H,31,32)(H2,29,30,33). The fourth-order valence-corrected chi connectivity index (χ4v) is 3.56. The number of carbonyl (C=O) groups excluding carboxylic acids is 1. The predicted octanol–water partition coefficient (Wildman–Crippen LogP) is 5.89. The van der Waals surface area contributed by atoms with Crippen molar-refractivity contribution in [3.63, 3.8) is 0 Å². The number of alkyl halides is 3. The van der Waals surface area contributed by atoms with Crippen molar-refractivity contribution >= 4 is 17.7 Å². The minimum atomic E-state index is -4.59. The van der Waals surface area contributed by atoms with E-state index < -0.39 is 29.8 Å². The Morgan fingerprint density at radius 3 is 2.32 bits per heavy atom. The highest BCUT2D eigenvalue weighted by Crippen LogP contribution is 2.39. The van der Waals surface area contributed by atoms with Crippen molar-refractivity contribution < 1.29 is 32.6 Å². The minimum absolute atomic E-state index is 0.198. The second-order valence-electron chi connectivity index (χ2n) is 7.59. The van der Waals surface area contributed by atoms with E-state index in [-0.39, 0.29) is 12.0 Å². The van der Waals surface area contributed by atoms with Crippen LogP contribution in [0, 0.1) is 0 Å². The molecular formula is C25H23F3N2O4. The van der Waals surface area contributed by atoms with Crippen LogP contribution in [0.5, 0.6) is 5.75 Å². The maximum absolute atomic E-state index is 13.5. The molecule has 0 radical (unpaired) electrons. The van der Waals surface area contributed by atoms with Crippen molar-refractivity contribution in [2.75, 3.05) is 12.4 Å². The van der Waals surface area contributed by atoms with E-state index in [1.165, 1.54) is 13.2 Å². The molecule has 9 heteroatoms. The lowest BCUT2D eigenvalue weighted by molar-refractivity contribution is -0.138. The van der Waals surface area contributed by atoms with E-state index in [1.807, 2.05) is 0 Å². The molecule has 0 bridgehead atoms. The molecule has 0 saturated carbocycles. The molecule has 1 atom stereocenters. The summed E-state index contributed by atoms with van der Waals surface area (Å²) >= 11 is 0. The van der Waals surface area contributed by atoms with E-state index >= 15 is 0 Å². The third-order valence-corrected chi connectivity index (χ3v) is 5.13. The Labute approximate surface area is 194 Å². The van der Waals surface area contributed by atoms with Gasteiger partial charge in [0.2, 0.25) is 0 Å². The van der Waals surface area contributed by atoms with Gasteiger partial charge in [-0.25, -0.2) is 4.79 Å². The first kappa shape index (κ1) is 24.6. The Balaban J connectivity index is 2.03. The van der Waals surface area contributed by atoms with Crippen LogP contribution in [0.25, 0.3) is 11.1 Å². The predicted molar refractivity (Wildman–Crippen MR) is 122 cm³/mol. The average Bonchev–Trinajstić information content (AvgIpc) is 2.78. The smallest absolute Gasteiger partial charge is 0.416 e. The fourth-order valence-electron chi connectivity index (χ4n) is 3.56. The Bertz CT molecular complexity index is 1180. The number of hydrogen-bond acceptors (Lipinski definition) is 3. The van der Waals surface area contributed by atoms with E-state index in [1.54, 1.807) is 55.5 Å². The summed E-state index contributed by atoms with van der Waals surface area (Å²) in [5.41, 5.74) is 1.11. The molecule has 0 aromatic heterocycles. The first-order valence-electron chi connectivity index (χ1n) is 10.3. The molecule has 0 aliphatic heterocycles. The molecule has 3 rings (SSSR count). The average molecular weight is 472 g/mol. The summed E-state index contributed by atoms with van der Waals surface area (Å²) in [7, 11) is 1.41. The molecule has 178 valence electrons. The number of aliphatic carboxylic acids is 1. The Morgan fingerprint density at radius 1 is 1.00 bits per heavy atom. The number of urea groups is 1. The minimum Gasteiger partial charge on any atom is -0.496 e. The first-order valence-corrected chi connectivity index (χ1v) is 10.3. The van der Waals surface area contributed by atoms with Gasteiger partial charge in [-0.2, -0.15) is 13.2 Å². The van der Waals surface area contributed by atoms with Gasteiger partial charge in [0.25, 0.3) is 0 Å². The summed E-state index contributed by atoms with van der Waals surface area (Å²) in [5.74, 6) is -0.688. The number of carboxylic acids is 1. The number of amides is 2. The lowest BCUT2D eigenvalue weighted by Gasteiger charge is -2.22. The van der Waals surface area contributed by atoms with Gasteiger partial charge in [0.05, 0.1) is 25.1 Å². The summed E-state index contributed by atoms with van der Waals surface area (Å²) in [4.78, 5) is 23.7. The monoisotopic (exact) mass is 472 g/mol. The van der Waals surface area contributed by atoms with Crippen molar-refractivity contribution in [1.82, 2.24) is 5.32 Å². The molecule has 0 spiro atoms. The van der Waals surface area contributed by atoms with Crippen LogP contribution in [0.4, 0.5) is 23.7 Å². The van der Waals surface area contributed by atoms with Crippen LogP contribution >= 0.6 is 0 Å². The number of rotatable bonds is 7. The molecule has 3 N–H and O–H groups in total. The van der Waals surface area contributed by atoms with E-state index in [0.29, 0.717) is 28.1 Å². The molecule has 34 heavy (non-hydrogen) atoms. The van der Waals surface area contributed by atoms with Gasteiger partial charge in [0.15, 0.2) is 0 Å². The van der Waals surface area contributed by atoms with Gasteiger partial charge in [-0.15, -0.1) is 0 Å². The van der Waals surface area contributed by atoms with Crippen LogP contribution in [0.2, 0.25) is 0 Å². The number of benzene rings is 3. The van der Waals surface area contributed by atoms with Gasteiger partial charge in [-0.1, -0.05) is 30.3 Å². The number of hydrogen-bond donors (Lipinski definition) is 3. The summed E-state index contributed by atoms with van der Waals surface area (Å²) in [6.07, 6.45) is -4.85. The van der Waals surface area contributed by atoms with Crippen LogP contribution < -0.4 is 15.4 Å². The highest BCUT2D eigenvalue weighted by Gasteiger charge is 2.32. The summed E-state index contributed by atoms with van der Waals surface area (Å²) in [6.45, 7) is 1.57. The zero-order valence-electron chi connectivity index (χ0n) is 18.4. The van der Waals surface area contributed by atoms with Gasteiger partial charge in [0, 0.05) is 11.3 Å². The molecule has 3 aromatic carbocycles. The molecule has 2 amide bonds. The van der Waals surface area contributed by atoms with E-state index in [4.69, 9.17) is 9.84 Å². The van der Waals surface area contributed by atoms with Crippen molar-refractivity contribution in [2.45, 2.75) is 25.6 Å². The molecule has 1 unspecified atom stereocenters. The molecule has 0 saturated heterocycles. The largest absolute Gasteiger partial charge is 0.496 e.